The van der Waals surface area contributed by atoms with Crippen molar-refractivity contribution >= 4 is 11.7 Å². The van der Waals surface area contributed by atoms with Crippen LogP contribution < -0.4 is 0 Å². The number of aromatic nitrogens is 3. The number of aryl methyl sites for hydroxylation is 2. The Kier molecular flexibility index (Phi) is 2.15. The van der Waals surface area contributed by atoms with E-state index in [9.17, 15) is 4.79 Å². The van der Waals surface area contributed by atoms with Crippen LogP contribution in [0.1, 0.15) is 17.0 Å². The Morgan fingerprint density at radius 2 is 2.27 bits per heavy atom. The second-order valence-corrected chi connectivity index (χ2v) is 3.52. The van der Waals surface area contributed by atoms with Gasteiger partial charge in [-0.2, -0.15) is 0 Å². The average molecular weight is 205 g/mol. The zero-order valence-corrected chi connectivity index (χ0v) is 8.56. The van der Waals surface area contributed by atoms with Gasteiger partial charge in [0.25, 0.3) is 0 Å². The number of aliphatic carboxylic acids is 1. The number of carboxylic acid groups (broad SMARTS) is 1. The average Bonchev–Trinajstić information content (AvgIpc) is 2.43. The van der Waals surface area contributed by atoms with Crippen molar-refractivity contribution < 1.29 is 9.90 Å². The molecule has 0 aliphatic rings. The molecule has 2 heterocycles. The van der Waals surface area contributed by atoms with Crippen molar-refractivity contribution in [2.45, 2.75) is 20.3 Å². The lowest BCUT2D eigenvalue weighted by Gasteiger charge is -1.99. The van der Waals surface area contributed by atoms with E-state index < -0.39 is 5.97 Å². The summed E-state index contributed by atoms with van der Waals surface area (Å²) in [7, 11) is 0. The van der Waals surface area contributed by atoms with Crippen molar-refractivity contribution in [3.05, 3.63) is 29.3 Å². The minimum absolute atomic E-state index is 0.0296. The van der Waals surface area contributed by atoms with Gasteiger partial charge in [0.15, 0.2) is 0 Å². The molecule has 15 heavy (non-hydrogen) atoms. The fourth-order valence-corrected chi connectivity index (χ4v) is 1.54. The molecule has 0 saturated heterocycles. The summed E-state index contributed by atoms with van der Waals surface area (Å²) in [5.41, 5.74) is 2.38. The third-order valence-corrected chi connectivity index (χ3v) is 2.23. The van der Waals surface area contributed by atoms with Crippen molar-refractivity contribution in [3.8, 4) is 0 Å². The minimum Gasteiger partial charge on any atom is -0.481 e. The Morgan fingerprint density at radius 3 is 2.93 bits per heavy atom. The van der Waals surface area contributed by atoms with Gasteiger partial charge in [-0.15, -0.1) is 0 Å². The first-order valence-electron chi connectivity index (χ1n) is 4.60. The third-order valence-electron chi connectivity index (χ3n) is 2.23. The summed E-state index contributed by atoms with van der Waals surface area (Å²) >= 11 is 0. The molecule has 2 aromatic rings. The zero-order chi connectivity index (χ0) is 11.0. The second kappa shape index (κ2) is 3.34. The highest BCUT2D eigenvalue weighted by Gasteiger charge is 2.12. The van der Waals surface area contributed by atoms with Crippen molar-refractivity contribution in [1.82, 2.24) is 14.4 Å². The number of fused-ring (bicyclic) bond motifs is 1. The molecular weight excluding hydrogens is 194 g/mol. The summed E-state index contributed by atoms with van der Waals surface area (Å²) in [6.07, 6.45) is 3.53. The first-order chi connectivity index (χ1) is 7.08. The van der Waals surface area contributed by atoms with Gasteiger partial charge >= 0.3 is 5.97 Å². The van der Waals surface area contributed by atoms with E-state index in [-0.39, 0.29) is 6.42 Å². The quantitative estimate of drug-likeness (QED) is 0.793. The molecule has 0 bridgehead atoms. The lowest BCUT2D eigenvalue weighted by Crippen LogP contribution is -2.05. The highest BCUT2D eigenvalue weighted by Crippen LogP contribution is 2.11. The van der Waals surface area contributed by atoms with Crippen LogP contribution in [-0.4, -0.2) is 25.4 Å². The van der Waals surface area contributed by atoms with E-state index in [0.29, 0.717) is 11.5 Å². The molecule has 0 aromatic carbocycles. The lowest BCUT2D eigenvalue weighted by atomic mass is 10.2. The zero-order valence-electron chi connectivity index (χ0n) is 8.56. The Bertz CT molecular complexity index is 531. The fraction of sp³-hybridized carbons (Fsp3) is 0.300. The van der Waals surface area contributed by atoms with Crippen LogP contribution in [0, 0.1) is 13.8 Å². The number of carboxylic acids is 1. The van der Waals surface area contributed by atoms with E-state index >= 15 is 0 Å². The van der Waals surface area contributed by atoms with E-state index in [1.807, 2.05) is 13.1 Å². The highest BCUT2D eigenvalue weighted by molar-refractivity contribution is 5.70. The largest absolute Gasteiger partial charge is 0.481 e. The molecule has 1 N–H and O–H groups in total. The molecule has 78 valence electrons. The highest BCUT2D eigenvalue weighted by atomic mass is 16.4. The van der Waals surface area contributed by atoms with Gasteiger partial charge in [-0.05, 0) is 19.4 Å². The van der Waals surface area contributed by atoms with Gasteiger partial charge in [0.05, 0.1) is 17.8 Å². The molecule has 0 spiro atoms. The van der Waals surface area contributed by atoms with Crippen LogP contribution in [0.25, 0.3) is 5.78 Å². The number of carbonyl (C=O) groups is 1. The Balaban J connectivity index is 2.65. The summed E-state index contributed by atoms with van der Waals surface area (Å²) in [6, 6.07) is 0. The van der Waals surface area contributed by atoms with Crippen LogP contribution in [0.4, 0.5) is 0 Å². The molecule has 0 saturated carbocycles. The van der Waals surface area contributed by atoms with E-state index in [1.165, 1.54) is 0 Å². The topological polar surface area (TPSA) is 67.5 Å². The fourth-order valence-electron chi connectivity index (χ4n) is 1.54. The molecule has 5 heteroatoms. The van der Waals surface area contributed by atoms with Crippen LogP contribution in [-0.2, 0) is 11.2 Å². The molecule has 0 amide bonds. The lowest BCUT2D eigenvalue weighted by molar-refractivity contribution is -0.136. The smallest absolute Gasteiger partial charge is 0.309 e. The van der Waals surface area contributed by atoms with E-state index in [0.717, 1.165) is 11.3 Å². The van der Waals surface area contributed by atoms with E-state index in [2.05, 4.69) is 9.97 Å². The Hall–Kier alpha value is -1.91. The predicted octanol–water partition coefficient (Wildman–Crippen LogP) is 0.973. The van der Waals surface area contributed by atoms with Gasteiger partial charge in [-0.25, -0.2) is 9.97 Å². The number of hydrogen-bond donors (Lipinski definition) is 1. The molecule has 0 aliphatic carbocycles. The van der Waals surface area contributed by atoms with Crippen LogP contribution >= 0.6 is 0 Å². The van der Waals surface area contributed by atoms with Crippen LogP contribution in [0.15, 0.2) is 12.4 Å². The predicted molar refractivity (Wildman–Crippen MR) is 53.8 cm³/mol. The van der Waals surface area contributed by atoms with Gasteiger partial charge in [-0.3, -0.25) is 9.20 Å². The SMILES string of the molecule is Cc1cnc2nc(C)c(CC(=O)O)n2c1. The molecule has 0 radical (unpaired) electrons. The molecule has 0 unspecified atom stereocenters. The van der Waals surface area contributed by atoms with E-state index in [1.54, 1.807) is 17.5 Å². The van der Waals surface area contributed by atoms with Gasteiger partial charge in [-0.1, -0.05) is 0 Å². The number of hydrogen-bond acceptors (Lipinski definition) is 3. The summed E-state index contributed by atoms with van der Waals surface area (Å²) in [5, 5.41) is 8.78. The summed E-state index contributed by atoms with van der Waals surface area (Å²) in [5.74, 6) is -0.309. The number of nitrogens with zero attached hydrogens (tertiary/aromatic N) is 3. The van der Waals surface area contributed by atoms with Crippen LogP contribution in [0.3, 0.4) is 0 Å². The van der Waals surface area contributed by atoms with Gasteiger partial charge < -0.3 is 5.11 Å². The van der Waals surface area contributed by atoms with Crippen molar-refractivity contribution in [1.29, 1.82) is 0 Å². The molecule has 0 aliphatic heterocycles. The van der Waals surface area contributed by atoms with Gasteiger partial charge in [0.1, 0.15) is 0 Å². The number of rotatable bonds is 2. The Labute approximate surface area is 86.4 Å². The third kappa shape index (κ3) is 1.68. The first-order valence-corrected chi connectivity index (χ1v) is 4.60. The monoisotopic (exact) mass is 205 g/mol. The molecular formula is C10H11N3O2. The molecule has 2 aromatic heterocycles. The normalized spacial score (nSPS) is 10.8. The summed E-state index contributed by atoms with van der Waals surface area (Å²) in [4.78, 5) is 19.0. The summed E-state index contributed by atoms with van der Waals surface area (Å²) in [6.45, 7) is 3.70. The standard InChI is InChI=1S/C10H11N3O2/c1-6-4-11-10-12-7(2)8(3-9(14)15)13(10)5-6/h4-5H,3H2,1-2H3,(H,14,15). The van der Waals surface area contributed by atoms with E-state index in [4.69, 9.17) is 5.11 Å². The molecule has 0 fully saturated rings. The maximum absolute atomic E-state index is 10.7. The summed E-state index contributed by atoms with van der Waals surface area (Å²) < 4.78 is 1.73. The Morgan fingerprint density at radius 1 is 1.53 bits per heavy atom. The van der Waals surface area contributed by atoms with Crippen LogP contribution in [0.5, 0.6) is 0 Å². The first kappa shape index (κ1) is 9.64. The minimum atomic E-state index is -0.860. The van der Waals surface area contributed by atoms with Gasteiger partial charge in [0, 0.05) is 12.4 Å². The second-order valence-electron chi connectivity index (χ2n) is 3.52. The maximum atomic E-state index is 10.7. The molecule has 0 atom stereocenters. The molecule has 5 nitrogen and oxygen atoms in total. The number of imidazole rings is 1. The maximum Gasteiger partial charge on any atom is 0.309 e. The van der Waals surface area contributed by atoms with Gasteiger partial charge in [0.2, 0.25) is 5.78 Å². The van der Waals surface area contributed by atoms with Crippen molar-refractivity contribution in [3.63, 3.8) is 0 Å². The van der Waals surface area contributed by atoms with Crippen LogP contribution in [0.2, 0.25) is 0 Å². The molecule has 2 rings (SSSR count). The van der Waals surface area contributed by atoms with Crippen molar-refractivity contribution in [2.75, 3.05) is 0 Å². The van der Waals surface area contributed by atoms with Crippen molar-refractivity contribution in [2.24, 2.45) is 0 Å².